The van der Waals surface area contributed by atoms with Gasteiger partial charge >= 0.3 is 0 Å². The second kappa shape index (κ2) is 7.84. The fourth-order valence-electron chi connectivity index (χ4n) is 2.16. The third-order valence-corrected chi connectivity index (χ3v) is 3.27. The highest BCUT2D eigenvalue weighted by Crippen LogP contribution is 2.06. The smallest absolute Gasteiger partial charge is 0.164 e. The largest absolute Gasteiger partial charge is 0.302 e. The molecule has 0 aliphatic rings. The van der Waals surface area contributed by atoms with Gasteiger partial charge in [0.2, 0.25) is 0 Å². The van der Waals surface area contributed by atoms with Crippen LogP contribution in [-0.4, -0.2) is 26.1 Å². The van der Waals surface area contributed by atoms with Crippen LogP contribution in [0.3, 0.4) is 0 Å². The summed E-state index contributed by atoms with van der Waals surface area (Å²) >= 11 is 0. The third kappa shape index (κ3) is 4.28. The molecule has 2 rings (SSSR count). The zero-order valence-electron chi connectivity index (χ0n) is 11.7. The summed E-state index contributed by atoms with van der Waals surface area (Å²) in [6.45, 7) is 4.07. The summed E-state index contributed by atoms with van der Waals surface area (Å²) in [5.74, 6) is 0. The molecule has 0 aliphatic carbocycles. The van der Waals surface area contributed by atoms with Crippen molar-refractivity contribution in [1.82, 2.24) is 24.8 Å². The van der Waals surface area contributed by atoms with E-state index in [-0.39, 0.29) is 0 Å². The van der Waals surface area contributed by atoms with Crippen LogP contribution in [-0.2, 0) is 6.67 Å². The van der Waals surface area contributed by atoms with Gasteiger partial charge in [-0.3, -0.25) is 5.32 Å². The number of unbranched alkanes of at least 4 members (excludes halogenated alkanes) is 5. The topological polar surface area (TPSA) is 55.6 Å². The monoisotopic (exact) mass is 261 g/mol. The molecule has 0 saturated carbocycles. The summed E-state index contributed by atoms with van der Waals surface area (Å²) in [7, 11) is 0. The first kappa shape index (κ1) is 13.9. The van der Waals surface area contributed by atoms with E-state index in [1.807, 2.05) is 10.9 Å². The van der Waals surface area contributed by atoms with Crippen molar-refractivity contribution in [3.63, 3.8) is 0 Å². The predicted molar refractivity (Wildman–Crippen MR) is 76.7 cm³/mol. The number of nitrogens with one attached hydrogen (secondary N) is 1. The Morgan fingerprint density at radius 2 is 1.95 bits per heavy atom. The number of fused-ring (bicyclic) bond motifs is 1. The van der Waals surface area contributed by atoms with E-state index >= 15 is 0 Å². The van der Waals surface area contributed by atoms with Crippen LogP contribution >= 0.6 is 0 Å². The standard InChI is InChI=1S/C14H23N5/c1-2-3-4-5-6-7-8-15-11-19-12-18-13-9-16-10-17-14(13)19/h9-10,12,15H,2-8,11H2,1H3. The van der Waals surface area contributed by atoms with Crippen molar-refractivity contribution < 1.29 is 0 Å². The van der Waals surface area contributed by atoms with Crippen LogP contribution < -0.4 is 5.32 Å². The minimum atomic E-state index is 0.766. The van der Waals surface area contributed by atoms with Crippen LogP contribution in [0.5, 0.6) is 0 Å². The van der Waals surface area contributed by atoms with Gasteiger partial charge in [-0.05, 0) is 13.0 Å². The number of aromatic nitrogens is 4. The summed E-state index contributed by atoms with van der Waals surface area (Å²) in [5, 5.41) is 3.43. The SMILES string of the molecule is CCCCCCCCNCn1cnc2cncnc21. The van der Waals surface area contributed by atoms with E-state index in [4.69, 9.17) is 0 Å². The van der Waals surface area contributed by atoms with E-state index in [0.717, 1.165) is 24.4 Å². The Labute approximate surface area is 114 Å². The summed E-state index contributed by atoms with van der Waals surface area (Å²) in [4.78, 5) is 12.5. The van der Waals surface area contributed by atoms with Crippen LogP contribution in [0.25, 0.3) is 11.2 Å². The molecule has 2 aromatic heterocycles. The minimum absolute atomic E-state index is 0.766. The van der Waals surface area contributed by atoms with E-state index in [1.54, 1.807) is 12.5 Å². The normalized spacial score (nSPS) is 11.2. The molecule has 0 aromatic carbocycles. The van der Waals surface area contributed by atoms with Gasteiger partial charge in [-0.25, -0.2) is 15.0 Å². The lowest BCUT2D eigenvalue weighted by Crippen LogP contribution is -2.19. The molecule has 104 valence electrons. The molecule has 0 atom stereocenters. The molecule has 0 radical (unpaired) electrons. The van der Waals surface area contributed by atoms with Crippen molar-refractivity contribution >= 4 is 11.2 Å². The first-order chi connectivity index (χ1) is 9.42. The lowest BCUT2D eigenvalue weighted by molar-refractivity contribution is 0.525. The highest BCUT2D eigenvalue weighted by Gasteiger charge is 2.01. The second-order valence-electron chi connectivity index (χ2n) is 4.87. The molecule has 2 aromatic rings. The average Bonchev–Trinajstić information content (AvgIpc) is 2.85. The van der Waals surface area contributed by atoms with Crippen LogP contribution in [0.15, 0.2) is 18.9 Å². The average molecular weight is 261 g/mol. The van der Waals surface area contributed by atoms with Gasteiger partial charge in [0, 0.05) is 0 Å². The van der Waals surface area contributed by atoms with Gasteiger partial charge in [0.25, 0.3) is 0 Å². The van der Waals surface area contributed by atoms with Gasteiger partial charge in [-0.1, -0.05) is 39.0 Å². The maximum atomic E-state index is 4.27. The van der Waals surface area contributed by atoms with Gasteiger partial charge < -0.3 is 4.57 Å². The lowest BCUT2D eigenvalue weighted by atomic mass is 10.1. The highest BCUT2D eigenvalue weighted by molar-refractivity contribution is 5.68. The van der Waals surface area contributed by atoms with Crippen molar-refractivity contribution in [2.75, 3.05) is 6.54 Å². The minimum Gasteiger partial charge on any atom is -0.302 e. The number of nitrogens with zero attached hydrogens (tertiary/aromatic N) is 4. The van der Waals surface area contributed by atoms with E-state index in [2.05, 4.69) is 27.2 Å². The molecule has 0 spiro atoms. The van der Waals surface area contributed by atoms with Gasteiger partial charge in [0.15, 0.2) is 5.65 Å². The number of hydrogen-bond donors (Lipinski definition) is 1. The molecule has 1 N–H and O–H groups in total. The number of hydrogen-bond acceptors (Lipinski definition) is 4. The van der Waals surface area contributed by atoms with Crippen molar-refractivity contribution in [2.45, 2.75) is 52.1 Å². The fraction of sp³-hybridized carbons (Fsp3) is 0.643. The quantitative estimate of drug-likeness (QED) is 0.705. The summed E-state index contributed by atoms with van der Waals surface area (Å²) in [6.07, 6.45) is 13.1. The van der Waals surface area contributed by atoms with E-state index in [1.165, 1.54) is 38.5 Å². The molecular formula is C14H23N5. The maximum Gasteiger partial charge on any atom is 0.164 e. The van der Waals surface area contributed by atoms with E-state index < -0.39 is 0 Å². The Hall–Kier alpha value is -1.49. The highest BCUT2D eigenvalue weighted by atomic mass is 15.2. The van der Waals surface area contributed by atoms with Gasteiger partial charge in [-0.15, -0.1) is 0 Å². The predicted octanol–water partition coefficient (Wildman–Crippen LogP) is 2.73. The zero-order chi connectivity index (χ0) is 13.3. The Kier molecular flexibility index (Phi) is 5.75. The van der Waals surface area contributed by atoms with E-state index in [0.29, 0.717) is 0 Å². The van der Waals surface area contributed by atoms with Crippen molar-refractivity contribution in [3.05, 3.63) is 18.9 Å². The third-order valence-electron chi connectivity index (χ3n) is 3.27. The fourth-order valence-corrected chi connectivity index (χ4v) is 2.16. The van der Waals surface area contributed by atoms with Gasteiger partial charge in [-0.2, -0.15) is 0 Å². The molecule has 2 heterocycles. The molecule has 0 aliphatic heterocycles. The Balaban J connectivity index is 1.63. The molecule has 0 fully saturated rings. The lowest BCUT2D eigenvalue weighted by Gasteiger charge is -2.06. The number of imidazole rings is 1. The van der Waals surface area contributed by atoms with Crippen molar-refractivity contribution in [2.24, 2.45) is 0 Å². The summed E-state index contributed by atoms with van der Waals surface area (Å²) in [5.41, 5.74) is 1.74. The van der Waals surface area contributed by atoms with Crippen LogP contribution in [0.1, 0.15) is 45.4 Å². The van der Waals surface area contributed by atoms with E-state index in [9.17, 15) is 0 Å². The number of rotatable bonds is 9. The zero-order valence-corrected chi connectivity index (χ0v) is 11.7. The van der Waals surface area contributed by atoms with Gasteiger partial charge in [0.05, 0.1) is 19.2 Å². The molecule has 5 nitrogen and oxygen atoms in total. The van der Waals surface area contributed by atoms with Crippen LogP contribution in [0, 0.1) is 0 Å². The molecule has 0 unspecified atom stereocenters. The molecule has 0 amide bonds. The molecular weight excluding hydrogens is 238 g/mol. The van der Waals surface area contributed by atoms with Crippen molar-refractivity contribution in [1.29, 1.82) is 0 Å². The van der Waals surface area contributed by atoms with Gasteiger partial charge in [0.1, 0.15) is 11.8 Å². The summed E-state index contributed by atoms with van der Waals surface area (Å²) < 4.78 is 2.02. The molecule has 0 bridgehead atoms. The molecule has 5 heteroatoms. The Morgan fingerprint density at radius 3 is 2.84 bits per heavy atom. The molecule has 19 heavy (non-hydrogen) atoms. The Morgan fingerprint density at radius 1 is 1.11 bits per heavy atom. The Bertz CT molecular complexity index is 479. The molecule has 0 saturated heterocycles. The first-order valence-corrected chi connectivity index (χ1v) is 7.23. The van der Waals surface area contributed by atoms with Crippen LogP contribution in [0.4, 0.5) is 0 Å². The summed E-state index contributed by atoms with van der Waals surface area (Å²) in [6, 6.07) is 0. The first-order valence-electron chi connectivity index (χ1n) is 7.23. The van der Waals surface area contributed by atoms with Crippen molar-refractivity contribution in [3.8, 4) is 0 Å². The maximum absolute atomic E-state index is 4.27. The van der Waals surface area contributed by atoms with Crippen LogP contribution in [0.2, 0.25) is 0 Å². The second-order valence-corrected chi connectivity index (χ2v) is 4.87.